The van der Waals surface area contributed by atoms with Crippen LogP contribution in [0.5, 0.6) is 0 Å². The van der Waals surface area contributed by atoms with Gasteiger partial charge in [0, 0.05) is 29.1 Å². The summed E-state index contributed by atoms with van der Waals surface area (Å²) in [5.74, 6) is 0.505. The first-order valence-electron chi connectivity index (χ1n) is 9.28. The molecule has 0 aromatic heterocycles. The summed E-state index contributed by atoms with van der Waals surface area (Å²) in [6.45, 7) is 1.49. The van der Waals surface area contributed by atoms with Gasteiger partial charge in [0.2, 0.25) is 0 Å². The molecule has 156 valence electrons. The van der Waals surface area contributed by atoms with Crippen molar-refractivity contribution in [3.05, 3.63) is 69.8 Å². The molecule has 2 heterocycles. The zero-order valence-electron chi connectivity index (χ0n) is 16.1. The van der Waals surface area contributed by atoms with Gasteiger partial charge in [-0.3, -0.25) is 19.9 Å². The Kier molecular flexibility index (Phi) is 5.37. The number of amidine groups is 1. The SMILES string of the molecule is CC(=O)c1cccc(N2C(SCc3ccc([N+](=O)[O-])cc3)=N[C@@H]3CS(=O)(=O)C[C@@H]32)c1. The lowest BCUT2D eigenvalue weighted by atomic mass is 10.1. The number of hydrogen-bond acceptors (Lipinski definition) is 8. The molecule has 4 rings (SSSR count). The van der Waals surface area contributed by atoms with Crippen molar-refractivity contribution in [3.63, 3.8) is 0 Å². The molecule has 2 aromatic rings. The largest absolute Gasteiger partial charge is 0.315 e. The van der Waals surface area contributed by atoms with E-state index in [4.69, 9.17) is 0 Å². The van der Waals surface area contributed by atoms with Crippen molar-refractivity contribution in [1.82, 2.24) is 0 Å². The molecule has 0 bridgehead atoms. The van der Waals surface area contributed by atoms with Crippen LogP contribution in [0, 0.1) is 10.1 Å². The summed E-state index contributed by atoms with van der Waals surface area (Å²) in [5.41, 5.74) is 2.22. The Morgan fingerprint density at radius 2 is 1.97 bits per heavy atom. The quantitative estimate of drug-likeness (QED) is 0.395. The maximum atomic E-state index is 12.2. The number of Topliss-reactive ketones (excluding diaryl/α,β-unsaturated/α-hetero) is 1. The van der Waals surface area contributed by atoms with Crippen LogP contribution in [0.3, 0.4) is 0 Å². The molecule has 0 N–H and O–H groups in total. The molecular formula is C20H19N3O5S2. The standard InChI is InChI=1S/C20H19N3O5S2/c1-13(24)15-3-2-4-17(9-15)22-19-12-30(27,28)11-18(19)21-20(22)29-10-14-5-7-16(8-6-14)23(25)26/h2-9,18-19H,10-12H2,1H3/t18-,19+/m1/s1. The highest BCUT2D eigenvalue weighted by Crippen LogP contribution is 2.36. The van der Waals surface area contributed by atoms with Crippen LogP contribution in [0.2, 0.25) is 0 Å². The van der Waals surface area contributed by atoms with E-state index in [-0.39, 0.29) is 35.1 Å². The molecule has 1 saturated heterocycles. The predicted octanol–water partition coefficient (Wildman–Crippen LogP) is 3.07. The van der Waals surface area contributed by atoms with Gasteiger partial charge in [0.1, 0.15) is 0 Å². The highest BCUT2D eigenvalue weighted by molar-refractivity contribution is 8.13. The summed E-state index contributed by atoms with van der Waals surface area (Å²) in [6.07, 6.45) is 0. The third-order valence-electron chi connectivity index (χ3n) is 5.15. The molecule has 0 radical (unpaired) electrons. The first-order valence-corrected chi connectivity index (χ1v) is 12.1. The van der Waals surface area contributed by atoms with E-state index in [1.165, 1.54) is 30.8 Å². The van der Waals surface area contributed by atoms with Crippen LogP contribution in [-0.2, 0) is 15.6 Å². The van der Waals surface area contributed by atoms with Gasteiger partial charge < -0.3 is 4.90 Å². The lowest BCUT2D eigenvalue weighted by molar-refractivity contribution is -0.384. The average Bonchev–Trinajstić information content (AvgIpc) is 3.17. The van der Waals surface area contributed by atoms with E-state index >= 15 is 0 Å². The number of carbonyl (C=O) groups excluding carboxylic acids is 1. The lowest BCUT2D eigenvalue weighted by Crippen LogP contribution is -2.39. The monoisotopic (exact) mass is 445 g/mol. The van der Waals surface area contributed by atoms with Crippen molar-refractivity contribution in [2.45, 2.75) is 24.8 Å². The van der Waals surface area contributed by atoms with Gasteiger partial charge in [0.05, 0.1) is 28.5 Å². The third-order valence-corrected chi connectivity index (χ3v) is 7.89. The minimum absolute atomic E-state index is 0.0160. The minimum atomic E-state index is -3.17. The van der Waals surface area contributed by atoms with E-state index in [9.17, 15) is 23.3 Å². The number of sulfone groups is 1. The zero-order valence-corrected chi connectivity index (χ0v) is 17.7. The van der Waals surface area contributed by atoms with Crippen molar-refractivity contribution < 1.29 is 18.1 Å². The molecule has 0 aliphatic carbocycles. The van der Waals surface area contributed by atoms with Gasteiger partial charge in [0.25, 0.3) is 5.69 Å². The molecule has 30 heavy (non-hydrogen) atoms. The van der Waals surface area contributed by atoms with Gasteiger partial charge in [-0.05, 0) is 24.6 Å². The number of carbonyl (C=O) groups is 1. The Morgan fingerprint density at radius 1 is 1.23 bits per heavy atom. The average molecular weight is 446 g/mol. The number of thioether (sulfide) groups is 1. The molecule has 0 spiro atoms. The van der Waals surface area contributed by atoms with Crippen LogP contribution in [0.1, 0.15) is 22.8 Å². The number of fused-ring (bicyclic) bond motifs is 1. The number of non-ortho nitro benzene ring substituents is 1. The number of benzene rings is 2. The first-order chi connectivity index (χ1) is 14.2. The Labute approximate surface area is 178 Å². The maximum Gasteiger partial charge on any atom is 0.269 e. The van der Waals surface area contributed by atoms with Gasteiger partial charge >= 0.3 is 0 Å². The summed E-state index contributed by atoms with van der Waals surface area (Å²) >= 11 is 1.45. The van der Waals surface area contributed by atoms with Gasteiger partial charge in [-0.2, -0.15) is 0 Å². The third kappa shape index (κ3) is 4.10. The Hall–Kier alpha value is -2.72. The zero-order chi connectivity index (χ0) is 21.5. The number of anilines is 1. The fraction of sp³-hybridized carbons (Fsp3) is 0.300. The van der Waals surface area contributed by atoms with E-state index in [0.717, 1.165) is 11.3 Å². The second kappa shape index (κ2) is 7.84. The highest BCUT2D eigenvalue weighted by Gasteiger charge is 2.47. The first kappa shape index (κ1) is 20.5. The number of aliphatic imine (C=N–C) groups is 1. The van der Waals surface area contributed by atoms with Crippen LogP contribution in [0.4, 0.5) is 11.4 Å². The van der Waals surface area contributed by atoms with Gasteiger partial charge in [-0.15, -0.1) is 0 Å². The van der Waals surface area contributed by atoms with Gasteiger partial charge in [0.15, 0.2) is 20.8 Å². The van der Waals surface area contributed by atoms with Crippen LogP contribution in [-0.4, -0.2) is 47.9 Å². The van der Waals surface area contributed by atoms with Crippen LogP contribution in [0.15, 0.2) is 53.5 Å². The number of ketones is 1. The molecule has 10 heteroatoms. The highest BCUT2D eigenvalue weighted by atomic mass is 32.2. The summed E-state index contributed by atoms with van der Waals surface area (Å²) in [7, 11) is -3.17. The topological polar surface area (TPSA) is 110 Å². The van der Waals surface area contributed by atoms with E-state index < -0.39 is 14.8 Å². The lowest BCUT2D eigenvalue weighted by Gasteiger charge is -2.26. The second-order valence-electron chi connectivity index (χ2n) is 7.31. The number of rotatable bonds is 5. The predicted molar refractivity (Wildman–Crippen MR) is 117 cm³/mol. The van der Waals surface area contributed by atoms with Crippen LogP contribution in [0.25, 0.3) is 0 Å². The molecule has 0 saturated carbocycles. The summed E-state index contributed by atoms with van der Waals surface area (Å²) in [5, 5.41) is 11.5. The molecule has 2 atom stereocenters. The molecule has 0 unspecified atom stereocenters. The fourth-order valence-electron chi connectivity index (χ4n) is 3.67. The smallest absolute Gasteiger partial charge is 0.269 e. The Bertz CT molecular complexity index is 1150. The van der Waals surface area contributed by atoms with E-state index in [2.05, 4.69) is 4.99 Å². The van der Waals surface area contributed by atoms with Crippen molar-refractivity contribution >= 4 is 43.9 Å². The maximum absolute atomic E-state index is 12.2. The van der Waals surface area contributed by atoms with Crippen LogP contribution < -0.4 is 4.90 Å². The van der Waals surface area contributed by atoms with Crippen LogP contribution >= 0.6 is 11.8 Å². The Morgan fingerprint density at radius 3 is 2.63 bits per heavy atom. The Balaban J connectivity index is 1.60. The summed E-state index contributed by atoms with van der Waals surface area (Å²) < 4.78 is 24.3. The van der Waals surface area contributed by atoms with E-state index in [1.54, 1.807) is 30.3 Å². The molecular weight excluding hydrogens is 426 g/mol. The van der Waals surface area contributed by atoms with Gasteiger partial charge in [-0.1, -0.05) is 36.0 Å². The number of hydrogen-bond donors (Lipinski definition) is 0. The van der Waals surface area contributed by atoms with Crippen molar-refractivity contribution in [2.24, 2.45) is 4.99 Å². The molecule has 2 aromatic carbocycles. The van der Waals surface area contributed by atoms with Crippen molar-refractivity contribution in [2.75, 3.05) is 16.4 Å². The molecule has 8 nitrogen and oxygen atoms in total. The molecule has 1 fully saturated rings. The van der Waals surface area contributed by atoms with E-state index in [0.29, 0.717) is 16.5 Å². The minimum Gasteiger partial charge on any atom is -0.315 e. The van der Waals surface area contributed by atoms with Crippen molar-refractivity contribution in [3.8, 4) is 0 Å². The number of nitro benzene ring substituents is 1. The second-order valence-corrected chi connectivity index (χ2v) is 10.4. The number of nitrogens with zero attached hydrogens (tertiary/aromatic N) is 3. The van der Waals surface area contributed by atoms with Gasteiger partial charge in [-0.25, -0.2) is 8.42 Å². The van der Waals surface area contributed by atoms with Crippen molar-refractivity contribution in [1.29, 1.82) is 0 Å². The molecule has 2 aliphatic rings. The van der Waals surface area contributed by atoms with E-state index in [1.807, 2.05) is 11.0 Å². The summed E-state index contributed by atoms with van der Waals surface area (Å²) in [6, 6.07) is 12.8. The summed E-state index contributed by atoms with van der Waals surface area (Å²) in [4.78, 5) is 28.8. The molecule has 0 amide bonds. The fourth-order valence-corrected chi connectivity index (χ4v) is 6.59. The normalized spacial score (nSPS) is 21.9. The molecule has 2 aliphatic heterocycles. The number of nitro groups is 1.